The topological polar surface area (TPSA) is 80.4 Å². The Morgan fingerprint density at radius 2 is 1.95 bits per heavy atom. The fraction of sp³-hybridized carbons (Fsp3) is 0.429. The summed E-state index contributed by atoms with van der Waals surface area (Å²) in [6.07, 6.45) is -4.06. The lowest BCUT2D eigenvalue weighted by atomic mass is 9.83. The van der Waals surface area contributed by atoms with Gasteiger partial charge in [0.15, 0.2) is 0 Å². The molecular formula is C14H13BrF3NO3. The number of nitrogens with two attached hydrogens (primary N) is 1. The maximum absolute atomic E-state index is 12.8. The third kappa shape index (κ3) is 3.11. The molecule has 0 spiro atoms. The zero-order valence-corrected chi connectivity index (χ0v) is 12.9. The molecule has 1 aliphatic carbocycles. The van der Waals surface area contributed by atoms with Gasteiger partial charge in [-0.05, 0) is 43.0 Å². The second-order valence-corrected chi connectivity index (χ2v) is 6.28. The summed E-state index contributed by atoms with van der Waals surface area (Å²) >= 11 is 3.13. The second kappa shape index (κ2) is 5.57. The Kier molecular flexibility index (Phi) is 4.25. The molecule has 0 radical (unpaired) electrons. The van der Waals surface area contributed by atoms with Crippen LogP contribution < -0.4 is 5.73 Å². The number of benzene rings is 1. The van der Waals surface area contributed by atoms with E-state index < -0.39 is 34.9 Å². The maximum atomic E-state index is 12.8. The number of hydrogen-bond acceptors (Lipinski definition) is 2. The molecule has 1 unspecified atom stereocenters. The first-order valence-corrected chi connectivity index (χ1v) is 7.25. The average Bonchev–Trinajstić information content (AvgIpc) is 3.17. The molecule has 1 atom stereocenters. The van der Waals surface area contributed by atoms with E-state index in [1.807, 2.05) is 0 Å². The summed E-state index contributed by atoms with van der Waals surface area (Å²) < 4.78 is 38.7. The third-order valence-electron chi connectivity index (χ3n) is 4.02. The fourth-order valence-electron chi connectivity index (χ4n) is 2.54. The highest BCUT2D eigenvalue weighted by atomic mass is 79.9. The van der Waals surface area contributed by atoms with Gasteiger partial charge in [-0.2, -0.15) is 13.2 Å². The van der Waals surface area contributed by atoms with Crippen LogP contribution in [0.5, 0.6) is 0 Å². The van der Waals surface area contributed by atoms with E-state index in [1.165, 1.54) is 6.07 Å². The molecule has 0 aromatic heterocycles. The Labute approximate surface area is 132 Å². The Bertz CT molecular complexity index is 626. The van der Waals surface area contributed by atoms with Crippen LogP contribution in [-0.2, 0) is 22.2 Å². The summed E-state index contributed by atoms with van der Waals surface area (Å²) in [6, 6.07) is 3.06. The number of alkyl halides is 3. The predicted molar refractivity (Wildman–Crippen MR) is 74.8 cm³/mol. The van der Waals surface area contributed by atoms with Gasteiger partial charge in [0.05, 0.1) is 16.9 Å². The molecule has 3 N–H and O–H groups in total. The van der Waals surface area contributed by atoms with Gasteiger partial charge >= 0.3 is 12.1 Å². The van der Waals surface area contributed by atoms with Crippen LogP contribution in [0.15, 0.2) is 22.7 Å². The zero-order valence-electron chi connectivity index (χ0n) is 11.3. The SMILES string of the molecule is NC(=O)C(Cc1cc(C(F)(F)F)ccc1Br)C1(C(=O)O)CC1. The van der Waals surface area contributed by atoms with Gasteiger partial charge in [-0.15, -0.1) is 0 Å². The third-order valence-corrected chi connectivity index (χ3v) is 4.80. The molecule has 8 heteroatoms. The van der Waals surface area contributed by atoms with Crippen LogP contribution in [-0.4, -0.2) is 17.0 Å². The molecule has 2 rings (SSSR count). The van der Waals surface area contributed by atoms with Gasteiger partial charge in [0.25, 0.3) is 0 Å². The molecule has 0 aliphatic heterocycles. The minimum absolute atomic E-state index is 0.147. The normalized spacial score (nSPS) is 17.8. The Balaban J connectivity index is 2.36. The van der Waals surface area contributed by atoms with E-state index >= 15 is 0 Å². The van der Waals surface area contributed by atoms with Gasteiger partial charge in [-0.25, -0.2) is 0 Å². The minimum Gasteiger partial charge on any atom is -0.481 e. The summed E-state index contributed by atoms with van der Waals surface area (Å²) in [6.45, 7) is 0. The lowest BCUT2D eigenvalue weighted by molar-refractivity contribution is -0.148. The molecule has 120 valence electrons. The van der Waals surface area contributed by atoms with Crippen molar-refractivity contribution in [3.63, 3.8) is 0 Å². The number of carboxylic acid groups (broad SMARTS) is 1. The molecule has 1 aromatic rings. The fourth-order valence-corrected chi connectivity index (χ4v) is 2.95. The Morgan fingerprint density at radius 1 is 1.36 bits per heavy atom. The molecule has 0 heterocycles. The Hall–Kier alpha value is -1.57. The lowest BCUT2D eigenvalue weighted by Gasteiger charge is -2.21. The van der Waals surface area contributed by atoms with E-state index in [-0.39, 0.29) is 12.0 Å². The van der Waals surface area contributed by atoms with Crippen molar-refractivity contribution >= 4 is 27.8 Å². The van der Waals surface area contributed by atoms with Crippen LogP contribution >= 0.6 is 15.9 Å². The first kappa shape index (κ1) is 16.8. The van der Waals surface area contributed by atoms with Gasteiger partial charge in [0, 0.05) is 4.47 Å². The minimum atomic E-state index is -4.51. The smallest absolute Gasteiger partial charge is 0.416 e. The van der Waals surface area contributed by atoms with Crippen LogP contribution in [0.1, 0.15) is 24.0 Å². The average molecular weight is 380 g/mol. The van der Waals surface area contributed by atoms with Crippen molar-refractivity contribution in [2.45, 2.75) is 25.4 Å². The highest BCUT2D eigenvalue weighted by Crippen LogP contribution is 2.53. The van der Waals surface area contributed by atoms with Gasteiger partial charge in [0.2, 0.25) is 5.91 Å². The van der Waals surface area contributed by atoms with E-state index in [1.54, 1.807) is 0 Å². The van der Waals surface area contributed by atoms with E-state index in [9.17, 15) is 27.9 Å². The maximum Gasteiger partial charge on any atom is 0.416 e. The van der Waals surface area contributed by atoms with E-state index in [0.29, 0.717) is 17.3 Å². The van der Waals surface area contributed by atoms with E-state index in [2.05, 4.69) is 15.9 Å². The van der Waals surface area contributed by atoms with Crippen molar-refractivity contribution in [3.8, 4) is 0 Å². The van der Waals surface area contributed by atoms with Crippen LogP contribution in [0.3, 0.4) is 0 Å². The highest BCUT2D eigenvalue weighted by Gasteiger charge is 2.58. The standard InChI is InChI=1S/C14H13BrF3NO3/c15-10-2-1-8(14(16,17)18)5-7(10)6-9(11(19)20)13(3-4-13)12(21)22/h1-2,5,9H,3-4,6H2,(H2,19,20)(H,21,22). The first-order valence-electron chi connectivity index (χ1n) is 6.46. The monoisotopic (exact) mass is 379 g/mol. The van der Waals surface area contributed by atoms with Crippen molar-refractivity contribution in [2.75, 3.05) is 0 Å². The molecule has 1 saturated carbocycles. The summed E-state index contributed by atoms with van der Waals surface area (Å²) in [5, 5.41) is 9.25. The zero-order chi connectivity index (χ0) is 16.7. The van der Waals surface area contributed by atoms with Crippen molar-refractivity contribution in [1.82, 2.24) is 0 Å². The van der Waals surface area contributed by atoms with Crippen molar-refractivity contribution in [2.24, 2.45) is 17.1 Å². The molecule has 4 nitrogen and oxygen atoms in total. The molecule has 0 saturated heterocycles. The molecule has 1 fully saturated rings. The Morgan fingerprint density at radius 3 is 2.36 bits per heavy atom. The first-order chi connectivity index (χ1) is 10.1. The molecule has 1 amide bonds. The quantitative estimate of drug-likeness (QED) is 0.824. The summed E-state index contributed by atoms with van der Waals surface area (Å²) in [5.74, 6) is -2.99. The summed E-state index contributed by atoms with van der Waals surface area (Å²) in [5.41, 5.74) is 3.39. The highest BCUT2D eigenvalue weighted by molar-refractivity contribution is 9.10. The molecule has 1 aliphatic rings. The number of carbonyl (C=O) groups is 2. The number of primary amides is 1. The summed E-state index contributed by atoms with van der Waals surface area (Å²) in [4.78, 5) is 22.9. The number of carbonyl (C=O) groups excluding carboxylic acids is 1. The number of rotatable bonds is 5. The van der Waals surface area contributed by atoms with Crippen molar-refractivity contribution in [3.05, 3.63) is 33.8 Å². The number of carboxylic acids is 1. The van der Waals surface area contributed by atoms with Gasteiger partial charge in [0.1, 0.15) is 0 Å². The number of amides is 1. The molecule has 0 bridgehead atoms. The predicted octanol–water partition coefficient (Wildman–Crippen LogP) is 2.98. The van der Waals surface area contributed by atoms with Crippen LogP contribution in [0, 0.1) is 11.3 Å². The van der Waals surface area contributed by atoms with E-state index in [0.717, 1.165) is 12.1 Å². The number of halogens is 4. The van der Waals surface area contributed by atoms with Gasteiger partial charge < -0.3 is 10.8 Å². The summed E-state index contributed by atoms with van der Waals surface area (Å²) in [7, 11) is 0. The number of aliphatic carboxylic acids is 1. The van der Waals surface area contributed by atoms with Crippen LogP contribution in [0.25, 0.3) is 0 Å². The van der Waals surface area contributed by atoms with Crippen molar-refractivity contribution in [1.29, 1.82) is 0 Å². The van der Waals surface area contributed by atoms with Crippen LogP contribution in [0.2, 0.25) is 0 Å². The van der Waals surface area contributed by atoms with Gasteiger partial charge in [-0.1, -0.05) is 15.9 Å². The second-order valence-electron chi connectivity index (χ2n) is 5.42. The van der Waals surface area contributed by atoms with E-state index in [4.69, 9.17) is 5.73 Å². The lowest BCUT2D eigenvalue weighted by Crippen LogP contribution is -2.37. The number of hydrogen-bond donors (Lipinski definition) is 2. The van der Waals surface area contributed by atoms with Crippen molar-refractivity contribution < 1.29 is 27.9 Å². The largest absolute Gasteiger partial charge is 0.481 e. The molecular weight excluding hydrogens is 367 g/mol. The van der Waals surface area contributed by atoms with Gasteiger partial charge in [-0.3, -0.25) is 9.59 Å². The molecule has 22 heavy (non-hydrogen) atoms. The van der Waals surface area contributed by atoms with Crippen LogP contribution in [0.4, 0.5) is 13.2 Å². The molecule has 1 aromatic carbocycles.